The van der Waals surface area contributed by atoms with Gasteiger partial charge < -0.3 is 4.98 Å². The average molecular weight is 306 g/mol. The summed E-state index contributed by atoms with van der Waals surface area (Å²) in [6.45, 7) is 0. The van der Waals surface area contributed by atoms with E-state index in [9.17, 15) is 4.79 Å². The third kappa shape index (κ3) is 1.55. The van der Waals surface area contributed by atoms with Gasteiger partial charge in [0.05, 0.1) is 8.96 Å². The highest BCUT2D eigenvalue weighted by Gasteiger charge is 2.03. The summed E-state index contributed by atoms with van der Waals surface area (Å²) < 4.78 is 0.647. The van der Waals surface area contributed by atoms with E-state index >= 15 is 0 Å². The van der Waals surface area contributed by atoms with Crippen molar-refractivity contribution >= 4 is 45.2 Å². The van der Waals surface area contributed by atoms with Gasteiger partial charge >= 0.3 is 0 Å². The maximum Gasteiger partial charge on any atom is 0.204 e. The number of pyridine rings is 2. The predicted molar refractivity (Wildman–Crippen MR) is 60.1 cm³/mol. The molecule has 0 aromatic carbocycles. The lowest BCUT2D eigenvalue weighted by atomic mass is 10.3. The summed E-state index contributed by atoms with van der Waals surface area (Å²) in [6, 6.07) is 3.28. The van der Waals surface area contributed by atoms with E-state index < -0.39 is 0 Å². The van der Waals surface area contributed by atoms with Crippen LogP contribution in [-0.2, 0) is 0 Å². The highest BCUT2D eigenvalue weighted by molar-refractivity contribution is 14.1. The molecule has 0 unspecified atom stereocenters. The Labute approximate surface area is 92.3 Å². The van der Waals surface area contributed by atoms with E-state index in [0.29, 0.717) is 19.8 Å². The van der Waals surface area contributed by atoms with Crippen molar-refractivity contribution in [2.45, 2.75) is 0 Å². The summed E-state index contributed by atoms with van der Waals surface area (Å²) in [5.74, 6) is 0. The quantitative estimate of drug-likeness (QED) is 0.599. The van der Waals surface area contributed by atoms with Crippen molar-refractivity contribution in [1.29, 1.82) is 0 Å². The minimum absolute atomic E-state index is 0.0153. The number of hydrogen-bond donors (Lipinski definition) is 1. The third-order valence-electron chi connectivity index (χ3n) is 1.66. The van der Waals surface area contributed by atoms with Crippen molar-refractivity contribution in [3.05, 3.63) is 37.3 Å². The van der Waals surface area contributed by atoms with Crippen molar-refractivity contribution in [3.63, 3.8) is 0 Å². The fourth-order valence-electron chi connectivity index (χ4n) is 1.05. The molecule has 0 aliphatic rings. The number of aromatic nitrogens is 2. The molecule has 0 aliphatic carbocycles. The Morgan fingerprint density at radius 3 is 3.00 bits per heavy atom. The molecule has 1 N–H and O–H groups in total. The first-order valence-electron chi connectivity index (χ1n) is 3.52. The molecule has 2 aromatic rings. The molecule has 0 radical (unpaired) electrons. The topological polar surface area (TPSA) is 45.8 Å². The van der Waals surface area contributed by atoms with E-state index in [1.165, 1.54) is 0 Å². The normalized spacial score (nSPS) is 10.6. The number of hydrogen-bond acceptors (Lipinski definition) is 2. The summed E-state index contributed by atoms with van der Waals surface area (Å²) in [6.07, 6.45) is 1.62. The number of H-pyrrole nitrogens is 1. The van der Waals surface area contributed by atoms with Crippen molar-refractivity contribution in [2.75, 3.05) is 0 Å². The van der Waals surface area contributed by atoms with Gasteiger partial charge in [-0.1, -0.05) is 11.6 Å². The smallest absolute Gasteiger partial charge is 0.204 e. The van der Waals surface area contributed by atoms with E-state index in [0.717, 1.165) is 0 Å². The zero-order chi connectivity index (χ0) is 9.42. The molecular formula is C8H4ClIN2O. The molecule has 0 saturated carbocycles. The molecule has 0 atom stereocenters. The largest absolute Gasteiger partial charge is 0.345 e. The zero-order valence-corrected chi connectivity index (χ0v) is 9.26. The van der Waals surface area contributed by atoms with Gasteiger partial charge in [-0.15, -0.1) is 0 Å². The summed E-state index contributed by atoms with van der Waals surface area (Å²) >= 11 is 7.65. The van der Waals surface area contributed by atoms with Gasteiger partial charge in [-0.25, -0.2) is 4.98 Å². The summed E-state index contributed by atoms with van der Waals surface area (Å²) in [5.41, 5.74) is 0.511. The number of nitrogens with zero attached hydrogens (tertiary/aromatic N) is 1. The van der Waals surface area contributed by atoms with Crippen LogP contribution in [-0.4, -0.2) is 9.97 Å². The number of fused-ring (bicyclic) bond motifs is 1. The fourth-order valence-corrected chi connectivity index (χ4v) is 1.65. The molecule has 13 heavy (non-hydrogen) atoms. The van der Waals surface area contributed by atoms with Crippen LogP contribution in [0.4, 0.5) is 0 Å². The molecule has 2 aromatic heterocycles. The average Bonchev–Trinajstić information content (AvgIpc) is 2.12. The molecule has 0 saturated heterocycles. The Bertz CT molecular complexity index is 523. The molecule has 0 spiro atoms. The number of nitrogens with one attached hydrogen (secondary N) is 1. The SMILES string of the molecule is O=c1c(I)c[nH]c2nc(Cl)ccc12. The van der Waals surface area contributed by atoms with Crippen molar-refractivity contribution in [2.24, 2.45) is 0 Å². The maximum absolute atomic E-state index is 11.5. The lowest BCUT2D eigenvalue weighted by molar-refractivity contribution is 1.26. The van der Waals surface area contributed by atoms with Crippen LogP contribution in [0.1, 0.15) is 0 Å². The highest BCUT2D eigenvalue weighted by Crippen LogP contribution is 2.10. The second-order valence-corrected chi connectivity index (χ2v) is 4.05. The zero-order valence-electron chi connectivity index (χ0n) is 6.34. The van der Waals surface area contributed by atoms with Gasteiger partial charge in [-0.3, -0.25) is 4.79 Å². The van der Waals surface area contributed by atoms with Crippen LogP contribution in [0.3, 0.4) is 0 Å². The second-order valence-electron chi connectivity index (χ2n) is 2.50. The number of aromatic amines is 1. The van der Waals surface area contributed by atoms with Crippen LogP contribution in [0.25, 0.3) is 11.0 Å². The molecule has 0 aliphatic heterocycles. The van der Waals surface area contributed by atoms with Crippen LogP contribution in [0, 0.1) is 3.57 Å². The van der Waals surface area contributed by atoms with Crippen LogP contribution in [0.5, 0.6) is 0 Å². The molecule has 0 amide bonds. The van der Waals surface area contributed by atoms with E-state index in [1.54, 1.807) is 18.3 Å². The second kappa shape index (κ2) is 3.26. The fraction of sp³-hybridized carbons (Fsp3) is 0. The molecule has 0 bridgehead atoms. The number of halogens is 2. The monoisotopic (exact) mass is 306 g/mol. The first-order valence-corrected chi connectivity index (χ1v) is 4.97. The van der Waals surface area contributed by atoms with Gasteiger partial charge in [-0.05, 0) is 34.7 Å². The molecule has 3 nitrogen and oxygen atoms in total. The Morgan fingerprint density at radius 2 is 2.23 bits per heavy atom. The third-order valence-corrected chi connectivity index (χ3v) is 2.67. The molecule has 0 fully saturated rings. The first-order chi connectivity index (χ1) is 6.18. The molecule has 2 heterocycles. The Balaban J connectivity index is 2.95. The van der Waals surface area contributed by atoms with Crippen molar-refractivity contribution in [3.8, 4) is 0 Å². The van der Waals surface area contributed by atoms with Gasteiger partial charge in [0.25, 0.3) is 0 Å². The molecule has 66 valence electrons. The summed E-state index contributed by atoms with van der Waals surface area (Å²) in [7, 11) is 0. The minimum Gasteiger partial charge on any atom is -0.345 e. The Hall–Kier alpha value is -0.620. The molecule has 2 rings (SSSR count). The van der Waals surface area contributed by atoms with E-state index in [1.807, 2.05) is 22.6 Å². The highest BCUT2D eigenvalue weighted by atomic mass is 127. The summed E-state index contributed by atoms with van der Waals surface area (Å²) in [5, 5.41) is 0.945. The van der Waals surface area contributed by atoms with Gasteiger partial charge in [0, 0.05) is 6.20 Å². The van der Waals surface area contributed by atoms with Crippen LogP contribution in [0.2, 0.25) is 5.15 Å². The molecular weight excluding hydrogens is 302 g/mol. The van der Waals surface area contributed by atoms with Gasteiger partial charge in [0.2, 0.25) is 5.43 Å². The predicted octanol–water partition coefficient (Wildman–Crippen LogP) is 2.18. The Morgan fingerprint density at radius 1 is 1.46 bits per heavy atom. The van der Waals surface area contributed by atoms with E-state index in [2.05, 4.69) is 9.97 Å². The van der Waals surface area contributed by atoms with Crippen LogP contribution >= 0.6 is 34.2 Å². The van der Waals surface area contributed by atoms with Crippen LogP contribution < -0.4 is 5.43 Å². The minimum atomic E-state index is -0.0153. The molecule has 5 heteroatoms. The van der Waals surface area contributed by atoms with Crippen molar-refractivity contribution < 1.29 is 0 Å². The lowest BCUT2D eigenvalue weighted by Gasteiger charge is -1.97. The van der Waals surface area contributed by atoms with Gasteiger partial charge in [-0.2, -0.15) is 0 Å². The standard InChI is InChI=1S/C8H4ClIN2O/c9-6-2-1-4-7(13)5(10)3-11-8(4)12-6/h1-3H,(H,11,12,13). The van der Waals surface area contributed by atoms with Gasteiger partial charge in [0.1, 0.15) is 10.8 Å². The number of rotatable bonds is 0. The lowest BCUT2D eigenvalue weighted by Crippen LogP contribution is -2.06. The first kappa shape index (κ1) is 8.96. The van der Waals surface area contributed by atoms with E-state index in [-0.39, 0.29) is 5.43 Å². The van der Waals surface area contributed by atoms with Crippen molar-refractivity contribution in [1.82, 2.24) is 9.97 Å². The van der Waals surface area contributed by atoms with Gasteiger partial charge in [0.15, 0.2) is 0 Å². The Kier molecular flexibility index (Phi) is 2.25. The van der Waals surface area contributed by atoms with Crippen LogP contribution in [0.15, 0.2) is 23.1 Å². The summed E-state index contributed by atoms with van der Waals surface area (Å²) in [4.78, 5) is 18.4. The maximum atomic E-state index is 11.5. The van der Waals surface area contributed by atoms with E-state index in [4.69, 9.17) is 11.6 Å².